The highest BCUT2D eigenvalue weighted by molar-refractivity contribution is 6.05. The first-order valence-corrected chi connectivity index (χ1v) is 9.96. The van der Waals surface area contributed by atoms with Gasteiger partial charge in [-0.25, -0.2) is 0 Å². The molecule has 1 saturated heterocycles. The number of anilines is 2. The lowest BCUT2D eigenvalue weighted by molar-refractivity contribution is -0.136. The van der Waals surface area contributed by atoms with Gasteiger partial charge in [-0.15, -0.1) is 0 Å². The number of nitrogens with one attached hydrogen (secondary N) is 3. The SMILES string of the molecule is O=C1CCC(N2Cc3c(CNc4ccc5c(c4)CCN5)cccc3C2=O)C(=O)N1. The number of hydrogen-bond acceptors (Lipinski definition) is 5. The molecule has 0 aromatic heterocycles. The summed E-state index contributed by atoms with van der Waals surface area (Å²) in [5.41, 5.74) is 6.21. The van der Waals surface area contributed by atoms with Gasteiger partial charge in [0.05, 0.1) is 0 Å². The van der Waals surface area contributed by atoms with Gasteiger partial charge in [-0.1, -0.05) is 12.1 Å². The lowest BCUT2D eigenvalue weighted by Gasteiger charge is -2.29. The summed E-state index contributed by atoms with van der Waals surface area (Å²) in [6.45, 7) is 1.97. The molecule has 3 heterocycles. The van der Waals surface area contributed by atoms with Gasteiger partial charge in [0.15, 0.2) is 0 Å². The number of amides is 3. The van der Waals surface area contributed by atoms with Crippen LogP contribution in [0.4, 0.5) is 11.4 Å². The monoisotopic (exact) mass is 390 g/mol. The van der Waals surface area contributed by atoms with Crippen LogP contribution in [-0.2, 0) is 29.1 Å². The summed E-state index contributed by atoms with van der Waals surface area (Å²) in [5.74, 6) is -0.793. The highest BCUT2D eigenvalue weighted by Gasteiger charge is 2.39. The van der Waals surface area contributed by atoms with Crippen molar-refractivity contribution in [3.05, 3.63) is 58.7 Å². The van der Waals surface area contributed by atoms with Gasteiger partial charge in [-0.05, 0) is 53.8 Å². The molecule has 0 spiro atoms. The Labute approximate surface area is 168 Å². The Hall–Kier alpha value is -3.35. The molecule has 0 aliphatic carbocycles. The molecule has 0 bridgehead atoms. The van der Waals surface area contributed by atoms with Crippen molar-refractivity contribution in [1.82, 2.24) is 10.2 Å². The number of hydrogen-bond donors (Lipinski definition) is 3. The molecule has 148 valence electrons. The van der Waals surface area contributed by atoms with E-state index >= 15 is 0 Å². The Balaban J connectivity index is 1.34. The molecule has 7 nitrogen and oxygen atoms in total. The van der Waals surface area contributed by atoms with Gasteiger partial charge in [0.2, 0.25) is 11.8 Å². The Morgan fingerprint density at radius 1 is 1.10 bits per heavy atom. The van der Waals surface area contributed by atoms with Crippen LogP contribution in [0.2, 0.25) is 0 Å². The van der Waals surface area contributed by atoms with Crippen LogP contribution >= 0.6 is 0 Å². The summed E-state index contributed by atoms with van der Waals surface area (Å²) >= 11 is 0. The fraction of sp³-hybridized carbons (Fsp3) is 0.318. The van der Waals surface area contributed by atoms with Gasteiger partial charge >= 0.3 is 0 Å². The number of benzene rings is 2. The average molecular weight is 390 g/mol. The lowest BCUT2D eigenvalue weighted by atomic mass is 10.0. The number of rotatable bonds is 4. The van der Waals surface area contributed by atoms with Crippen LogP contribution in [0.25, 0.3) is 0 Å². The van der Waals surface area contributed by atoms with E-state index in [9.17, 15) is 14.4 Å². The number of carbonyl (C=O) groups is 3. The first-order valence-electron chi connectivity index (χ1n) is 9.96. The van der Waals surface area contributed by atoms with E-state index in [1.165, 1.54) is 11.3 Å². The smallest absolute Gasteiger partial charge is 0.255 e. The van der Waals surface area contributed by atoms with Crippen LogP contribution in [0.3, 0.4) is 0 Å². The molecule has 1 unspecified atom stereocenters. The van der Waals surface area contributed by atoms with Crippen LogP contribution in [0, 0.1) is 0 Å². The van der Waals surface area contributed by atoms with E-state index in [0.29, 0.717) is 25.1 Å². The van der Waals surface area contributed by atoms with Crippen molar-refractivity contribution < 1.29 is 14.4 Å². The third-order valence-electron chi connectivity index (χ3n) is 5.98. The quantitative estimate of drug-likeness (QED) is 0.695. The molecular formula is C22H22N4O3. The number of fused-ring (bicyclic) bond motifs is 2. The third kappa shape index (κ3) is 3.12. The van der Waals surface area contributed by atoms with Crippen molar-refractivity contribution in [3.8, 4) is 0 Å². The summed E-state index contributed by atoms with van der Waals surface area (Å²) in [7, 11) is 0. The molecular weight excluding hydrogens is 368 g/mol. The third-order valence-corrected chi connectivity index (χ3v) is 5.98. The molecule has 2 aromatic rings. The Morgan fingerprint density at radius 2 is 2.00 bits per heavy atom. The first-order chi connectivity index (χ1) is 14.1. The summed E-state index contributed by atoms with van der Waals surface area (Å²) in [4.78, 5) is 38.2. The van der Waals surface area contributed by atoms with Crippen molar-refractivity contribution in [2.24, 2.45) is 0 Å². The Kier molecular flexibility index (Phi) is 4.23. The fourth-order valence-corrected chi connectivity index (χ4v) is 4.43. The van der Waals surface area contributed by atoms with E-state index in [0.717, 1.165) is 29.8 Å². The molecule has 5 rings (SSSR count). The molecule has 2 aromatic carbocycles. The largest absolute Gasteiger partial charge is 0.384 e. The average Bonchev–Trinajstić information content (AvgIpc) is 3.31. The van der Waals surface area contributed by atoms with Gasteiger partial charge in [-0.3, -0.25) is 19.7 Å². The molecule has 3 amide bonds. The van der Waals surface area contributed by atoms with Gasteiger partial charge in [0.1, 0.15) is 6.04 Å². The van der Waals surface area contributed by atoms with Crippen LogP contribution in [-0.4, -0.2) is 35.2 Å². The van der Waals surface area contributed by atoms with E-state index in [1.807, 2.05) is 18.2 Å². The predicted octanol–water partition coefficient (Wildman–Crippen LogP) is 2.03. The predicted molar refractivity (Wildman–Crippen MR) is 108 cm³/mol. The zero-order chi connectivity index (χ0) is 20.0. The molecule has 3 aliphatic rings. The molecule has 3 aliphatic heterocycles. The topological polar surface area (TPSA) is 90.5 Å². The lowest BCUT2D eigenvalue weighted by Crippen LogP contribution is -2.52. The van der Waals surface area contributed by atoms with Crippen molar-refractivity contribution in [2.45, 2.75) is 38.4 Å². The fourth-order valence-electron chi connectivity index (χ4n) is 4.43. The summed E-state index contributed by atoms with van der Waals surface area (Å²) in [6, 6.07) is 11.4. The van der Waals surface area contributed by atoms with Crippen molar-refractivity contribution in [1.29, 1.82) is 0 Å². The van der Waals surface area contributed by atoms with Crippen molar-refractivity contribution >= 4 is 29.1 Å². The maximum Gasteiger partial charge on any atom is 0.255 e. The number of imide groups is 1. The summed E-state index contributed by atoms with van der Waals surface area (Å²) < 4.78 is 0. The van der Waals surface area contributed by atoms with E-state index < -0.39 is 6.04 Å². The molecule has 0 radical (unpaired) electrons. The van der Waals surface area contributed by atoms with Gasteiger partial charge in [-0.2, -0.15) is 0 Å². The summed E-state index contributed by atoms with van der Waals surface area (Å²) in [6.07, 6.45) is 1.67. The molecule has 29 heavy (non-hydrogen) atoms. The van der Waals surface area contributed by atoms with Crippen molar-refractivity contribution in [2.75, 3.05) is 17.2 Å². The molecule has 7 heteroatoms. The van der Waals surface area contributed by atoms with E-state index in [-0.39, 0.29) is 24.1 Å². The highest BCUT2D eigenvalue weighted by atomic mass is 16.2. The maximum absolute atomic E-state index is 12.9. The minimum atomic E-state index is -0.586. The minimum absolute atomic E-state index is 0.139. The van der Waals surface area contributed by atoms with Crippen molar-refractivity contribution in [3.63, 3.8) is 0 Å². The molecule has 1 atom stereocenters. The Bertz CT molecular complexity index is 1030. The van der Waals surface area contributed by atoms with Gasteiger partial charge in [0.25, 0.3) is 5.91 Å². The number of piperidine rings is 1. The zero-order valence-corrected chi connectivity index (χ0v) is 16.0. The van der Waals surface area contributed by atoms with E-state index in [1.54, 1.807) is 4.90 Å². The van der Waals surface area contributed by atoms with Crippen LogP contribution in [0.5, 0.6) is 0 Å². The number of nitrogens with zero attached hydrogens (tertiary/aromatic N) is 1. The second-order valence-corrected chi connectivity index (χ2v) is 7.75. The highest BCUT2D eigenvalue weighted by Crippen LogP contribution is 2.31. The standard InChI is InChI=1S/C22H22N4O3/c27-20-7-6-19(21(28)25-20)26-12-17-14(2-1-3-16(17)22(26)29)11-24-15-4-5-18-13(10-15)8-9-23-18/h1-5,10,19,23-24H,6-9,11-12H2,(H,25,27,28). The number of carbonyl (C=O) groups excluding carboxylic acids is 3. The van der Waals surface area contributed by atoms with E-state index in [4.69, 9.17) is 0 Å². The summed E-state index contributed by atoms with van der Waals surface area (Å²) in [5, 5.41) is 9.17. The van der Waals surface area contributed by atoms with Gasteiger partial charge in [0, 0.05) is 43.0 Å². The minimum Gasteiger partial charge on any atom is -0.384 e. The van der Waals surface area contributed by atoms with Crippen LogP contribution in [0.1, 0.15) is 39.9 Å². The van der Waals surface area contributed by atoms with E-state index in [2.05, 4.69) is 34.1 Å². The second-order valence-electron chi connectivity index (χ2n) is 7.75. The molecule has 0 saturated carbocycles. The normalized spacial score (nSPS) is 20.2. The molecule has 1 fully saturated rings. The first kappa shape index (κ1) is 17.7. The molecule has 3 N–H and O–H groups in total. The second kappa shape index (κ2) is 6.92. The maximum atomic E-state index is 12.9. The van der Waals surface area contributed by atoms with Crippen LogP contribution in [0.15, 0.2) is 36.4 Å². The zero-order valence-electron chi connectivity index (χ0n) is 16.0. The van der Waals surface area contributed by atoms with Gasteiger partial charge < -0.3 is 15.5 Å². The van der Waals surface area contributed by atoms with Crippen LogP contribution < -0.4 is 16.0 Å². The Morgan fingerprint density at radius 3 is 2.86 bits per heavy atom.